The molecule has 5 rings (SSSR count). The Labute approximate surface area is 220 Å². The Morgan fingerprint density at radius 3 is 2.38 bits per heavy atom. The van der Waals surface area contributed by atoms with Gasteiger partial charge in [0, 0.05) is 28.6 Å². The summed E-state index contributed by atoms with van der Waals surface area (Å²) < 4.78 is 28.0. The Balaban J connectivity index is 1.40. The summed E-state index contributed by atoms with van der Waals surface area (Å²) in [7, 11) is -3.78. The SMILES string of the molecule is Cc1cc(C)nc(Nc2ccccc2C(=O)Nc2ccc3c(c2)N(S(=O)(=O)c2ccc(Cl)cc2)CC3)n1. The van der Waals surface area contributed by atoms with Crippen molar-refractivity contribution in [1.82, 2.24) is 9.97 Å². The molecule has 0 spiro atoms. The summed E-state index contributed by atoms with van der Waals surface area (Å²) in [5.74, 6) is 0.0517. The molecule has 4 aromatic rings. The zero-order valence-corrected chi connectivity index (χ0v) is 21.8. The standard InChI is InChI=1S/C27H24ClN5O3S/c1-17-15-18(2)30-27(29-17)32-24-6-4-3-5-23(24)26(34)31-21-10-7-19-13-14-33(25(19)16-21)37(35,36)22-11-8-20(28)9-12-22/h3-12,15-16H,13-14H2,1-2H3,(H,31,34)(H,29,30,32). The summed E-state index contributed by atoms with van der Waals surface area (Å²) in [5, 5.41) is 6.49. The number of hydrogen-bond donors (Lipinski definition) is 2. The Morgan fingerprint density at radius 2 is 1.65 bits per heavy atom. The zero-order chi connectivity index (χ0) is 26.2. The molecule has 188 valence electrons. The normalized spacial score (nSPS) is 12.8. The minimum absolute atomic E-state index is 0.160. The van der Waals surface area contributed by atoms with Crippen molar-refractivity contribution in [2.75, 3.05) is 21.5 Å². The monoisotopic (exact) mass is 533 g/mol. The van der Waals surface area contributed by atoms with E-state index in [-0.39, 0.29) is 10.8 Å². The summed E-state index contributed by atoms with van der Waals surface area (Å²) in [6, 6.07) is 20.3. The van der Waals surface area contributed by atoms with Crippen molar-refractivity contribution in [2.45, 2.75) is 25.2 Å². The fourth-order valence-corrected chi connectivity index (χ4v) is 5.92. The molecule has 1 amide bonds. The number of aryl methyl sites for hydroxylation is 2. The number of nitrogens with one attached hydrogen (secondary N) is 2. The summed E-state index contributed by atoms with van der Waals surface area (Å²) in [4.78, 5) is 22.2. The molecule has 0 saturated carbocycles. The minimum atomic E-state index is -3.78. The highest BCUT2D eigenvalue weighted by Crippen LogP contribution is 2.35. The van der Waals surface area contributed by atoms with Crippen LogP contribution in [0.3, 0.4) is 0 Å². The molecule has 0 aliphatic carbocycles. The van der Waals surface area contributed by atoms with Gasteiger partial charge in [0.15, 0.2) is 0 Å². The fourth-order valence-electron chi connectivity index (χ4n) is 4.30. The molecule has 2 N–H and O–H groups in total. The first kappa shape index (κ1) is 24.7. The number of carbonyl (C=O) groups is 1. The van der Waals surface area contributed by atoms with Crippen LogP contribution >= 0.6 is 11.6 Å². The molecule has 0 saturated heterocycles. The lowest BCUT2D eigenvalue weighted by molar-refractivity contribution is 0.102. The quantitative estimate of drug-likeness (QED) is 0.339. The average Bonchev–Trinajstić information content (AvgIpc) is 3.28. The maximum Gasteiger partial charge on any atom is 0.264 e. The lowest BCUT2D eigenvalue weighted by Gasteiger charge is -2.20. The molecule has 8 nitrogen and oxygen atoms in total. The smallest absolute Gasteiger partial charge is 0.264 e. The van der Waals surface area contributed by atoms with Crippen LogP contribution in [0, 0.1) is 13.8 Å². The van der Waals surface area contributed by atoms with Gasteiger partial charge in [-0.3, -0.25) is 9.10 Å². The molecule has 37 heavy (non-hydrogen) atoms. The molecule has 1 aliphatic rings. The largest absolute Gasteiger partial charge is 0.323 e. The number of amides is 1. The van der Waals surface area contributed by atoms with Gasteiger partial charge in [-0.05, 0) is 80.4 Å². The third-order valence-corrected chi connectivity index (χ3v) is 8.08. The molecule has 1 aliphatic heterocycles. The van der Waals surface area contributed by atoms with Crippen LogP contribution < -0.4 is 14.9 Å². The molecule has 0 bridgehead atoms. The number of halogens is 1. The van der Waals surface area contributed by atoms with Crippen molar-refractivity contribution in [2.24, 2.45) is 0 Å². The Hall–Kier alpha value is -3.95. The third kappa shape index (κ3) is 5.14. The maximum atomic E-state index is 13.3. The predicted octanol–water partition coefficient (Wildman–Crippen LogP) is 5.49. The first-order valence-corrected chi connectivity index (χ1v) is 13.4. The lowest BCUT2D eigenvalue weighted by Crippen LogP contribution is -2.29. The van der Waals surface area contributed by atoms with E-state index in [2.05, 4.69) is 20.6 Å². The van der Waals surface area contributed by atoms with E-state index in [0.29, 0.717) is 46.6 Å². The van der Waals surface area contributed by atoms with Crippen LogP contribution in [0.15, 0.2) is 77.7 Å². The molecular formula is C27H24ClN5O3S. The zero-order valence-electron chi connectivity index (χ0n) is 20.2. The number of rotatable bonds is 6. The van der Waals surface area contributed by atoms with Gasteiger partial charge >= 0.3 is 0 Å². The molecule has 0 unspecified atom stereocenters. The van der Waals surface area contributed by atoms with Gasteiger partial charge in [-0.2, -0.15) is 0 Å². The van der Waals surface area contributed by atoms with Gasteiger partial charge < -0.3 is 10.6 Å². The van der Waals surface area contributed by atoms with Crippen LogP contribution in [-0.2, 0) is 16.4 Å². The minimum Gasteiger partial charge on any atom is -0.323 e. The summed E-state index contributed by atoms with van der Waals surface area (Å²) in [6.45, 7) is 4.08. The molecule has 10 heteroatoms. The maximum absolute atomic E-state index is 13.3. The van der Waals surface area contributed by atoms with Crippen molar-refractivity contribution in [1.29, 1.82) is 0 Å². The number of para-hydroxylation sites is 1. The molecule has 0 radical (unpaired) electrons. The molecule has 2 heterocycles. The van der Waals surface area contributed by atoms with E-state index in [1.165, 1.54) is 16.4 Å². The van der Waals surface area contributed by atoms with Crippen molar-refractivity contribution in [3.05, 3.63) is 100 Å². The van der Waals surface area contributed by atoms with Crippen LogP contribution in [0.2, 0.25) is 5.02 Å². The van der Waals surface area contributed by atoms with Crippen molar-refractivity contribution >= 4 is 50.5 Å². The summed E-state index contributed by atoms with van der Waals surface area (Å²) in [5.41, 5.74) is 4.50. The van der Waals surface area contributed by atoms with E-state index >= 15 is 0 Å². The van der Waals surface area contributed by atoms with Crippen LogP contribution in [0.4, 0.5) is 23.0 Å². The number of aromatic nitrogens is 2. The number of hydrogen-bond acceptors (Lipinski definition) is 6. The highest BCUT2D eigenvalue weighted by atomic mass is 35.5. The second-order valence-electron chi connectivity index (χ2n) is 8.72. The van der Waals surface area contributed by atoms with E-state index in [4.69, 9.17) is 11.6 Å². The van der Waals surface area contributed by atoms with Crippen LogP contribution in [0.1, 0.15) is 27.3 Å². The molecular weight excluding hydrogens is 510 g/mol. The van der Waals surface area contributed by atoms with Crippen molar-refractivity contribution in [3.63, 3.8) is 0 Å². The summed E-state index contributed by atoms with van der Waals surface area (Å²) in [6.07, 6.45) is 0.582. The first-order valence-electron chi connectivity index (χ1n) is 11.6. The van der Waals surface area contributed by atoms with Crippen LogP contribution in [0.25, 0.3) is 0 Å². The van der Waals surface area contributed by atoms with Gasteiger partial charge in [0.1, 0.15) is 0 Å². The van der Waals surface area contributed by atoms with Gasteiger partial charge in [-0.1, -0.05) is 29.8 Å². The lowest BCUT2D eigenvalue weighted by atomic mass is 10.1. The number of carbonyl (C=O) groups excluding carboxylic acids is 1. The average molecular weight is 534 g/mol. The van der Waals surface area contributed by atoms with Gasteiger partial charge in [-0.25, -0.2) is 18.4 Å². The highest BCUT2D eigenvalue weighted by Gasteiger charge is 2.31. The van der Waals surface area contributed by atoms with Crippen molar-refractivity contribution in [3.8, 4) is 0 Å². The Bertz CT molecular complexity index is 1590. The third-order valence-electron chi connectivity index (χ3n) is 6.00. The van der Waals surface area contributed by atoms with E-state index < -0.39 is 10.0 Å². The summed E-state index contributed by atoms with van der Waals surface area (Å²) >= 11 is 5.93. The number of benzene rings is 3. The first-order chi connectivity index (χ1) is 17.7. The highest BCUT2D eigenvalue weighted by molar-refractivity contribution is 7.92. The molecule has 0 atom stereocenters. The van der Waals surface area contributed by atoms with Crippen LogP contribution in [-0.4, -0.2) is 30.8 Å². The number of fused-ring (bicyclic) bond motifs is 1. The molecule has 0 fully saturated rings. The topological polar surface area (TPSA) is 104 Å². The Kier molecular flexibility index (Phi) is 6.57. The molecule has 3 aromatic carbocycles. The number of nitrogens with zero attached hydrogens (tertiary/aromatic N) is 3. The van der Waals surface area contributed by atoms with Crippen molar-refractivity contribution < 1.29 is 13.2 Å². The fraction of sp³-hybridized carbons (Fsp3) is 0.148. The number of anilines is 4. The van der Waals surface area contributed by atoms with Gasteiger partial charge in [0.25, 0.3) is 15.9 Å². The van der Waals surface area contributed by atoms with E-state index in [1.807, 2.05) is 32.0 Å². The number of sulfonamides is 1. The Morgan fingerprint density at radius 1 is 0.946 bits per heavy atom. The van der Waals surface area contributed by atoms with E-state index in [9.17, 15) is 13.2 Å². The second kappa shape index (κ2) is 9.84. The van der Waals surface area contributed by atoms with E-state index in [1.54, 1.807) is 42.5 Å². The van der Waals surface area contributed by atoms with Gasteiger partial charge in [-0.15, -0.1) is 0 Å². The van der Waals surface area contributed by atoms with Gasteiger partial charge in [0.2, 0.25) is 5.95 Å². The second-order valence-corrected chi connectivity index (χ2v) is 11.0. The van der Waals surface area contributed by atoms with Gasteiger partial charge in [0.05, 0.1) is 21.8 Å². The molecule has 1 aromatic heterocycles. The predicted molar refractivity (Wildman–Crippen MR) is 145 cm³/mol. The van der Waals surface area contributed by atoms with Crippen LogP contribution in [0.5, 0.6) is 0 Å². The van der Waals surface area contributed by atoms with E-state index in [0.717, 1.165) is 17.0 Å².